The number of anilines is 2. The van der Waals surface area contributed by atoms with Crippen molar-refractivity contribution in [2.75, 3.05) is 30.1 Å². The number of carbonyl (C=O) groups is 1. The van der Waals surface area contributed by atoms with Gasteiger partial charge in [0.25, 0.3) is 0 Å². The summed E-state index contributed by atoms with van der Waals surface area (Å²) in [5, 5.41) is 22.9. The van der Waals surface area contributed by atoms with Crippen LogP contribution in [0.2, 0.25) is 0 Å². The summed E-state index contributed by atoms with van der Waals surface area (Å²) in [5.41, 5.74) is 3.86. The first kappa shape index (κ1) is 24.3. The summed E-state index contributed by atoms with van der Waals surface area (Å²) >= 11 is 2.93. The van der Waals surface area contributed by atoms with Crippen LogP contribution in [0.1, 0.15) is 42.7 Å². The first-order chi connectivity index (χ1) is 16.4. The lowest BCUT2D eigenvalue weighted by Gasteiger charge is -2.20. The minimum absolute atomic E-state index is 0.131. The van der Waals surface area contributed by atoms with Gasteiger partial charge in [-0.2, -0.15) is 5.26 Å². The van der Waals surface area contributed by atoms with Gasteiger partial charge in [0.2, 0.25) is 5.91 Å². The molecule has 7 nitrogen and oxygen atoms in total. The fourth-order valence-electron chi connectivity index (χ4n) is 4.32. The molecular formula is C25H30N6OS2. The predicted octanol–water partition coefficient (Wildman–Crippen LogP) is 5.21. The molecule has 0 spiro atoms. The summed E-state index contributed by atoms with van der Waals surface area (Å²) < 4.78 is 2.03. The number of aromatic nitrogens is 3. The number of fused-ring (bicyclic) bond motifs is 1. The van der Waals surface area contributed by atoms with Crippen molar-refractivity contribution in [2.24, 2.45) is 5.92 Å². The highest BCUT2D eigenvalue weighted by atomic mass is 32.2. The number of nitriles is 1. The molecule has 3 aromatic rings. The highest BCUT2D eigenvalue weighted by Gasteiger charge is 2.26. The SMILES string of the molecule is CCC1CCc2c(sc(NC(=O)CSc3nnc(-c4cccc(N(C)C)c4)n3CC)c2C#N)C1. The van der Waals surface area contributed by atoms with E-state index in [0.29, 0.717) is 28.2 Å². The zero-order chi connectivity index (χ0) is 24.2. The number of benzene rings is 1. The molecule has 9 heteroatoms. The number of thiophene rings is 1. The minimum Gasteiger partial charge on any atom is -0.378 e. The molecule has 0 saturated carbocycles. The molecule has 0 saturated heterocycles. The normalized spacial score (nSPS) is 15.0. The third kappa shape index (κ3) is 4.98. The number of thioether (sulfide) groups is 1. The second-order valence-corrected chi connectivity index (χ2v) is 10.7. The maximum absolute atomic E-state index is 12.8. The van der Waals surface area contributed by atoms with Crippen LogP contribution in [0.5, 0.6) is 0 Å². The van der Waals surface area contributed by atoms with Crippen LogP contribution in [0.15, 0.2) is 29.4 Å². The number of rotatable bonds is 8. The molecule has 1 aliphatic carbocycles. The second kappa shape index (κ2) is 10.6. The summed E-state index contributed by atoms with van der Waals surface area (Å²) in [6.07, 6.45) is 4.20. The van der Waals surface area contributed by atoms with Gasteiger partial charge in [-0.1, -0.05) is 37.2 Å². The van der Waals surface area contributed by atoms with E-state index >= 15 is 0 Å². The van der Waals surface area contributed by atoms with Gasteiger partial charge in [0.15, 0.2) is 11.0 Å². The van der Waals surface area contributed by atoms with Gasteiger partial charge in [-0.05, 0) is 49.8 Å². The smallest absolute Gasteiger partial charge is 0.235 e. The van der Waals surface area contributed by atoms with Gasteiger partial charge >= 0.3 is 0 Å². The van der Waals surface area contributed by atoms with E-state index in [9.17, 15) is 10.1 Å². The molecule has 34 heavy (non-hydrogen) atoms. The molecule has 1 aromatic carbocycles. The Morgan fingerprint density at radius 1 is 1.35 bits per heavy atom. The Balaban J connectivity index is 1.46. The van der Waals surface area contributed by atoms with E-state index in [0.717, 1.165) is 48.3 Å². The van der Waals surface area contributed by atoms with E-state index in [1.54, 1.807) is 11.3 Å². The van der Waals surface area contributed by atoms with Crippen molar-refractivity contribution in [3.8, 4) is 17.5 Å². The molecule has 1 unspecified atom stereocenters. The monoisotopic (exact) mass is 494 g/mol. The maximum Gasteiger partial charge on any atom is 0.235 e. The Morgan fingerprint density at radius 3 is 2.88 bits per heavy atom. The van der Waals surface area contributed by atoms with Crippen molar-refractivity contribution >= 4 is 39.7 Å². The molecule has 0 radical (unpaired) electrons. The van der Waals surface area contributed by atoms with Crippen LogP contribution in [-0.2, 0) is 24.2 Å². The van der Waals surface area contributed by atoms with E-state index in [2.05, 4.69) is 45.5 Å². The Hall–Kier alpha value is -2.83. The molecule has 4 rings (SSSR count). The van der Waals surface area contributed by atoms with Crippen LogP contribution in [0.3, 0.4) is 0 Å². The fourth-order valence-corrected chi connectivity index (χ4v) is 6.45. The zero-order valence-electron chi connectivity index (χ0n) is 20.1. The maximum atomic E-state index is 12.8. The molecule has 0 aliphatic heterocycles. The summed E-state index contributed by atoms with van der Waals surface area (Å²) in [5.74, 6) is 1.54. The molecule has 1 N–H and O–H groups in total. The van der Waals surface area contributed by atoms with Gasteiger partial charge in [0.05, 0.1) is 11.3 Å². The first-order valence-corrected chi connectivity index (χ1v) is 13.4. The van der Waals surface area contributed by atoms with Crippen LogP contribution >= 0.6 is 23.1 Å². The van der Waals surface area contributed by atoms with Crippen molar-refractivity contribution < 1.29 is 4.79 Å². The highest BCUT2D eigenvalue weighted by molar-refractivity contribution is 7.99. The number of amides is 1. The van der Waals surface area contributed by atoms with Crippen LogP contribution in [0.4, 0.5) is 10.7 Å². The van der Waals surface area contributed by atoms with Gasteiger partial charge < -0.3 is 14.8 Å². The van der Waals surface area contributed by atoms with Crippen molar-refractivity contribution in [3.05, 3.63) is 40.3 Å². The fraction of sp³-hybridized carbons (Fsp3) is 0.440. The van der Waals surface area contributed by atoms with Crippen LogP contribution in [0.25, 0.3) is 11.4 Å². The molecule has 2 aromatic heterocycles. The van der Waals surface area contributed by atoms with Crippen LogP contribution < -0.4 is 10.2 Å². The van der Waals surface area contributed by atoms with E-state index in [4.69, 9.17) is 0 Å². The molecule has 0 fully saturated rings. The molecule has 0 bridgehead atoms. The van der Waals surface area contributed by atoms with Gasteiger partial charge in [-0.15, -0.1) is 21.5 Å². The number of hydrogen-bond acceptors (Lipinski definition) is 7. The lowest BCUT2D eigenvalue weighted by molar-refractivity contribution is -0.113. The van der Waals surface area contributed by atoms with Gasteiger partial charge in [0.1, 0.15) is 11.1 Å². The lowest BCUT2D eigenvalue weighted by Crippen LogP contribution is -2.15. The summed E-state index contributed by atoms with van der Waals surface area (Å²) in [4.78, 5) is 16.1. The number of hydrogen-bond donors (Lipinski definition) is 1. The third-order valence-corrected chi connectivity index (χ3v) is 8.43. The second-order valence-electron chi connectivity index (χ2n) is 8.67. The highest BCUT2D eigenvalue weighted by Crippen LogP contribution is 2.40. The van der Waals surface area contributed by atoms with Crippen LogP contribution in [-0.4, -0.2) is 40.5 Å². The standard InChI is InChI=1S/C25H30N6OS2/c1-5-16-10-11-19-20(14-26)24(34-21(19)12-16)27-22(32)15-33-25-29-28-23(31(25)6-2)17-8-7-9-18(13-17)30(3)4/h7-9,13,16H,5-6,10-12,15H2,1-4H3,(H,27,32). The lowest BCUT2D eigenvalue weighted by atomic mass is 9.86. The third-order valence-electron chi connectivity index (χ3n) is 6.30. The largest absolute Gasteiger partial charge is 0.378 e. The van der Waals surface area contributed by atoms with E-state index < -0.39 is 0 Å². The Bertz CT molecular complexity index is 1220. The van der Waals surface area contributed by atoms with Crippen molar-refractivity contribution in [1.29, 1.82) is 5.26 Å². The minimum atomic E-state index is -0.131. The summed E-state index contributed by atoms with van der Waals surface area (Å²) in [7, 11) is 4.01. The predicted molar refractivity (Wildman–Crippen MR) is 140 cm³/mol. The van der Waals surface area contributed by atoms with Gasteiger partial charge in [0, 0.05) is 36.8 Å². The molecule has 1 atom stereocenters. The van der Waals surface area contributed by atoms with Crippen molar-refractivity contribution in [1.82, 2.24) is 14.8 Å². The molecule has 1 amide bonds. The quantitative estimate of drug-likeness (QED) is 0.433. The van der Waals surface area contributed by atoms with E-state index in [1.165, 1.54) is 16.6 Å². The van der Waals surface area contributed by atoms with Crippen molar-refractivity contribution in [2.45, 2.75) is 51.2 Å². The number of carbonyl (C=O) groups excluding carboxylic acids is 1. The molecular weight excluding hydrogens is 464 g/mol. The van der Waals surface area contributed by atoms with Crippen LogP contribution in [0, 0.1) is 17.2 Å². The van der Waals surface area contributed by atoms with Gasteiger partial charge in [-0.3, -0.25) is 4.79 Å². The van der Waals surface area contributed by atoms with E-state index in [1.807, 2.05) is 37.7 Å². The topological polar surface area (TPSA) is 86.8 Å². The van der Waals surface area contributed by atoms with Crippen molar-refractivity contribution in [3.63, 3.8) is 0 Å². The average Bonchev–Trinajstić information content (AvgIpc) is 3.42. The summed E-state index contributed by atoms with van der Waals surface area (Å²) in [6.45, 7) is 4.97. The zero-order valence-corrected chi connectivity index (χ0v) is 21.7. The number of nitrogens with one attached hydrogen (secondary N) is 1. The Morgan fingerprint density at radius 2 is 2.18 bits per heavy atom. The van der Waals surface area contributed by atoms with Gasteiger partial charge in [-0.25, -0.2) is 0 Å². The molecule has 1 aliphatic rings. The van der Waals surface area contributed by atoms with E-state index in [-0.39, 0.29) is 11.7 Å². The average molecular weight is 495 g/mol. The molecule has 178 valence electrons. The first-order valence-electron chi connectivity index (χ1n) is 11.6. The summed E-state index contributed by atoms with van der Waals surface area (Å²) in [6, 6.07) is 10.5. The Kier molecular flexibility index (Phi) is 7.59. The molecule has 2 heterocycles. The number of nitrogens with zero attached hydrogens (tertiary/aromatic N) is 5. The Labute approximate surface area is 209 Å².